The molecule has 0 saturated heterocycles. The highest BCUT2D eigenvalue weighted by molar-refractivity contribution is 8.00. The van der Waals surface area contributed by atoms with Crippen molar-refractivity contribution >= 4 is 33.4 Å². The van der Waals surface area contributed by atoms with Gasteiger partial charge in [-0.05, 0) is 49.7 Å². The van der Waals surface area contributed by atoms with Crippen LogP contribution in [-0.4, -0.2) is 25.7 Å². The molecule has 3 rings (SSSR count). The molecule has 1 atom stereocenters. The first-order valence-electron chi connectivity index (χ1n) is 9.09. The summed E-state index contributed by atoms with van der Waals surface area (Å²) in [5.41, 5.74) is 1.37. The molecule has 2 aromatic carbocycles. The van der Waals surface area contributed by atoms with Crippen molar-refractivity contribution in [3.8, 4) is 5.75 Å². The molecule has 1 aliphatic heterocycles. The number of hydrogen-bond donors (Lipinski definition) is 2. The standard InChI is InChI=1S/C20H24N2O4S2/c1-13(2)26-16-6-4-15(5-7-16)12-21-28(24,25)17-8-9-19-18(11-17)22-20(23)10-14(3)27-19/h4-9,11,13-14,21H,10,12H2,1-3H3,(H,22,23)/t14-/m0/s1. The number of carbonyl (C=O) groups excluding carboxylic acids is 1. The molecule has 28 heavy (non-hydrogen) atoms. The van der Waals surface area contributed by atoms with E-state index in [1.807, 2.05) is 45.0 Å². The predicted molar refractivity (Wildman–Crippen MR) is 111 cm³/mol. The zero-order valence-corrected chi connectivity index (χ0v) is 17.7. The molecular formula is C20H24N2O4S2. The van der Waals surface area contributed by atoms with Crippen molar-refractivity contribution in [3.63, 3.8) is 0 Å². The average Bonchev–Trinajstić information content (AvgIpc) is 2.76. The molecule has 1 heterocycles. The van der Waals surface area contributed by atoms with Crippen LogP contribution in [0.3, 0.4) is 0 Å². The van der Waals surface area contributed by atoms with E-state index in [0.717, 1.165) is 16.2 Å². The summed E-state index contributed by atoms with van der Waals surface area (Å²) in [7, 11) is -3.71. The third-order valence-electron chi connectivity index (χ3n) is 4.10. The van der Waals surface area contributed by atoms with Gasteiger partial charge in [0.25, 0.3) is 0 Å². The van der Waals surface area contributed by atoms with Crippen LogP contribution in [0.4, 0.5) is 5.69 Å². The van der Waals surface area contributed by atoms with Gasteiger partial charge in [-0.2, -0.15) is 0 Å². The highest BCUT2D eigenvalue weighted by atomic mass is 32.2. The Hall–Kier alpha value is -2.03. The number of amides is 1. The molecular weight excluding hydrogens is 396 g/mol. The molecule has 0 saturated carbocycles. The van der Waals surface area contributed by atoms with Crippen molar-refractivity contribution in [3.05, 3.63) is 48.0 Å². The van der Waals surface area contributed by atoms with E-state index in [0.29, 0.717) is 12.1 Å². The summed E-state index contributed by atoms with van der Waals surface area (Å²) in [4.78, 5) is 12.9. The summed E-state index contributed by atoms with van der Waals surface area (Å²) in [6.07, 6.45) is 0.482. The van der Waals surface area contributed by atoms with Crippen molar-refractivity contribution in [2.45, 2.75) is 54.9 Å². The van der Waals surface area contributed by atoms with E-state index in [1.165, 1.54) is 6.07 Å². The second kappa shape index (κ2) is 8.55. The number of fused-ring (bicyclic) bond motifs is 1. The summed E-state index contributed by atoms with van der Waals surface area (Å²) in [5, 5.41) is 2.94. The molecule has 0 bridgehead atoms. The number of benzene rings is 2. The fourth-order valence-corrected chi connectivity index (χ4v) is 4.91. The fourth-order valence-electron chi connectivity index (χ4n) is 2.82. The van der Waals surface area contributed by atoms with E-state index < -0.39 is 10.0 Å². The van der Waals surface area contributed by atoms with Crippen LogP contribution >= 0.6 is 11.8 Å². The minimum absolute atomic E-state index is 0.0826. The number of nitrogens with one attached hydrogen (secondary N) is 2. The van der Waals surface area contributed by atoms with Crippen LogP contribution in [-0.2, 0) is 21.4 Å². The van der Waals surface area contributed by atoms with Crippen molar-refractivity contribution < 1.29 is 17.9 Å². The van der Waals surface area contributed by atoms with E-state index in [2.05, 4.69) is 10.0 Å². The summed E-state index contributed by atoms with van der Waals surface area (Å²) in [5.74, 6) is 0.639. The summed E-state index contributed by atoms with van der Waals surface area (Å²) in [6.45, 7) is 6.04. The Morgan fingerprint density at radius 1 is 1.21 bits per heavy atom. The maximum atomic E-state index is 12.7. The van der Waals surface area contributed by atoms with Gasteiger partial charge in [-0.3, -0.25) is 4.79 Å². The first-order valence-corrected chi connectivity index (χ1v) is 11.4. The number of thioether (sulfide) groups is 1. The lowest BCUT2D eigenvalue weighted by atomic mass is 10.2. The Kier molecular flexibility index (Phi) is 6.32. The van der Waals surface area contributed by atoms with Crippen molar-refractivity contribution in [2.75, 3.05) is 5.32 Å². The highest BCUT2D eigenvalue weighted by Gasteiger charge is 2.22. The normalized spacial score (nSPS) is 17.0. The minimum Gasteiger partial charge on any atom is -0.491 e. The molecule has 0 unspecified atom stereocenters. The lowest BCUT2D eigenvalue weighted by Crippen LogP contribution is -2.23. The fraction of sp³-hybridized carbons (Fsp3) is 0.350. The quantitative estimate of drug-likeness (QED) is 0.743. The molecule has 1 aliphatic rings. The van der Waals surface area contributed by atoms with Gasteiger partial charge < -0.3 is 10.1 Å². The maximum Gasteiger partial charge on any atom is 0.240 e. The van der Waals surface area contributed by atoms with Crippen LogP contribution in [0.5, 0.6) is 5.75 Å². The first-order chi connectivity index (χ1) is 13.2. The Labute approximate surface area is 170 Å². The van der Waals surface area contributed by atoms with Gasteiger partial charge in [0.1, 0.15) is 5.75 Å². The molecule has 0 radical (unpaired) electrons. The lowest BCUT2D eigenvalue weighted by molar-refractivity contribution is -0.116. The second-order valence-electron chi connectivity index (χ2n) is 6.97. The molecule has 6 nitrogen and oxygen atoms in total. The van der Waals surface area contributed by atoms with Crippen molar-refractivity contribution in [1.82, 2.24) is 4.72 Å². The van der Waals surface area contributed by atoms with Crippen LogP contribution < -0.4 is 14.8 Å². The Bertz CT molecular complexity index is 957. The minimum atomic E-state index is -3.71. The highest BCUT2D eigenvalue weighted by Crippen LogP contribution is 2.36. The number of sulfonamides is 1. The molecule has 1 amide bonds. The van der Waals surface area contributed by atoms with Crippen molar-refractivity contribution in [1.29, 1.82) is 0 Å². The molecule has 2 aromatic rings. The zero-order valence-electron chi connectivity index (χ0n) is 16.1. The summed E-state index contributed by atoms with van der Waals surface area (Å²) in [6, 6.07) is 12.1. The Morgan fingerprint density at radius 2 is 1.93 bits per heavy atom. The molecule has 150 valence electrons. The number of anilines is 1. The summed E-state index contributed by atoms with van der Waals surface area (Å²) < 4.78 is 33.6. The van der Waals surface area contributed by atoms with Crippen LogP contribution in [0.15, 0.2) is 52.3 Å². The monoisotopic (exact) mass is 420 g/mol. The van der Waals surface area contributed by atoms with Gasteiger partial charge in [0.05, 0.1) is 16.7 Å². The largest absolute Gasteiger partial charge is 0.491 e. The number of ether oxygens (including phenoxy) is 1. The van der Waals surface area contributed by atoms with Crippen LogP contribution in [0.1, 0.15) is 32.8 Å². The second-order valence-corrected chi connectivity index (χ2v) is 10.2. The molecule has 0 fully saturated rings. The van der Waals surface area contributed by atoms with E-state index in [-0.39, 0.29) is 28.7 Å². The van der Waals surface area contributed by atoms with Gasteiger partial charge >= 0.3 is 0 Å². The molecule has 2 N–H and O–H groups in total. The van der Waals surface area contributed by atoms with Crippen molar-refractivity contribution in [2.24, 2.45) is 0 Å². The Balaban J connectivity index is 1.72. The molecule has 8 heteroatoms. The number of carbonyl (C=O) groups is 1. The summed E-state index contributed by atoms with van der Waals surface area (Å²) >= 11 is 1.56. The maximum absolute atomic E-state index is 12.7. The number of rotatable bonds is 6. The number of hydrogen-bond acceptors (Lipinski definition) is 5. The Morgan fingerprint density at radius 3 is 2.61 bits per heavy atom. The zero-order chi connectivity index (χ0) is 20.3. The van der Waals surface area contributed by atoms with Crippen LogP contribution in [0.25, 0.3) is 0 Å². The van der Waals surface area contributed by atoms with Crippen LogP contribution in [0.2, 0.25) is 0 Å². The third-order valence-corrected chi connectivity index (χ3v) is 6.68. The van der Waals surface area contributed by atoms with Gasteiger partial charge in [-0.1, -0.05) is 19.1 Å². The average molecular weight is 421 g/mol. The SMILES string of the molecule is CC(C)Oc1ccc(CNS(=O)(=O)c2ccc3c(c2)NC(=O)C[C@H](C)S3)cc1. The van der Waals surface area contributed by atoms with Gasteiger partial charge in [0.15, 0.2) is 0 Å². The van der Waals surface area contributed by atoms with E-state index >= 15 is 0 Å². The van der Waals surface area contributed by atoms with Gasteiger partial charge in [-0.25, -0.2) is 13.1 Å². The van der Waals surface area contributed by atoms with E-state index in [4.69, 9.17) is 4.74 Å². The first kappa shape index (κ1) is 20.7. The predicted octanol–water partition coefficient (Wildman–Crippen LogP) is 3.78. The van der Waals surface area contributed by atoms with Crippen LogP contribution in [0, 0.1) is 0 Å². The van der Waals surface area contributed by atoms with Gasteiger partial charge in [0.2, 0.25) is 15.9 Å². The van der Waals surface area contributed by atoms with E-state index in [1.54, 1.807) is 23.9 Å². The van der Waals surface area contributed by atoms with Gasteiger partial charge in [0, 0.05) is 23.1 Å². The van der Waals surface area contributed by atoms with Gasteiger partial charge in [-0.15, -0.1) is 11.8 Å². The molecule has 0 aliphatic carbocycles. The smallest absolute Gasteiger partial charge is 0.240 e. The topological polar surface area (TPSA) is 84.5 Å². The molecule has 0 spiro atoms. The van der Waals surface area contributed by atoms with E-state index in [9.17, 15) is 13.2 Å². The third kappa shape index (κ3) is 5.27. The molecule has 0 aromatic heterocycles. The lowest BCUT2D eigenvalue weighted by Gasteiger charge is -2.12.